The molecular formula is C13H20N2S. The molecule has 0 unspecified atom stereocenters. The zero-order valence-corrected chi connectivity index (χ0v) is 10.7. The monoisotopic (exact) mass is 236 g/mol. The highest BCUT2D eigenvalue weighted by molar-refractivity contribution is 7.15. The Morgan fingerprint density at radius 1 is 1.06 bits per heavy atom. The fourth-order valence-corrected chi connectivity index (χ4v) is 3.78. The van der Waals surface area contributed by atoms with E-state index < -0.39 is 0 Å². The highest BCUT2D eigenvalue weighted by Crippen LogP contribution is 2.46. The molecule has 3 rings (SSSR count). The van der Waals surface area contributed by atoms with Crippen LogP contribution in [0.25, 0.3) is 0 Å². The molecule has 2 fully saturated rings. The van der Waals surface area contributed by atoms with Crippen molar-refractivity contribution < 1.29 is 0 Å². The van der Waals surface area contributed by atoms with Crippen LogP contribution in [-0.2, 0) is 0 Å². The smallest absolute Gasteiger partial charge is 0.110 e. The standard InChI is InChI=1S/C13H20N2S/c1-8-2-4-9(5-3-8)11-12(14)16-13(15-11)10-6-7-10/h8-10H,2-7,14H2,1H3. The largest absolute Gasteiger partial charge is 0.389 e. The Kier molecular flexibility index (Phi) is 2.66. The van der Waals surface area contributed by atoms with Crippen LogP contribution in [0, 0.1) is 5.92 Å². The molecule has 1 aromatic rings. The second kappa shape index (κ2) is 4.02. The number of nitrogens with two attached hydrogens (primary N) is 1. The maximum absolute atomic E-state index is 6.13. The molecule has 0 amide bonds. The van der Waals surface area contributed by atoms with E-state index in [4.69, 9.17) is 10.7 Å². The van der Waals surface area contributed by atoms with Gasteiger partial charge >= 0.3 is 0 Å². The summed E-state index contributed by atoms with van der Waals surface area (Å²) in [6, 6.07) is 0. The van der Waals surface area contributed by atoms with Crippen molar-refractivity contribution in [1.29, 1.82) is 0 Å². The molecule has 2 aliphatic rings. The second-order valence-corrected chi connectivity index (χ2v) is 6.59. The topological polar surface area (TPSA) is 38.9 Å². The first-order chi connectivity index (χ1) is 7.74. The van der Waals surface area contributed by atoms with E-state index in [1.165, 1.54) is 49.2 Å². The quantitative estimate of drug-likeness (QED) is 0.846. The van der Waals surface area contributed by atoms with E-state index in [0.717, 1.165) is 16.8 Å². The Bertz CT molecular complexity index is 373. The summed E-state index contributed by atoms with van der Waals surface area (Å²) >= 11 is 1.75. The van der Waals surface area contributed by atoms with Gasteiger partial charge < -0.3 is 5.73 Å². The number of aromatic nitrogens is 1. The van der Waals surface area contributed by atoms with Crippen molar-refractivity contribution >= 4 is 16.3 Å². The molecule has 0 atom stereocenters. The zero-order chi connectivity index (χ0) is 11.1. The van der Waals surface area contributed by atoms with Crippen LogP contribution in [0.4, 0.5) is 5.00 Å². The van der Waals surface area contributed by atoms with Crippen LogP contribution in [0.3, 0.4) is 0 Å². The average molecular weight is 236 g/mol. The van der Waals surface area contributed by atoms with Gasteiger partial charge in [0.15, 0.2) is 0 Å². The molecule has 0 spiro atoms. The van der Waals surface area contributed by atoms with Gasteiger partial charge in [0.1, 0.15) is 5.00 Å². The van der Waals surface area contributed by atoms with Gasteiger partial charge in [-0.05, 0) is 31.6 Å². The molecule has 3 heteroatoms. The molecule has 0 bridgehead atoms. The molecule has 1 aromatic heterocycles. The van der Waals surface area contributed by atoms with Crippen LogP contribution in [-0.4, -0.2) is 4.98 Å². The summed E-state index contributed by atoms with van der Waals surface area (Å²) in [6.07, 6.45) is 7.93. The van der Waals surface area contributed by atoms with E-state index in [-0.39, 0.29) is 0 Å². The second-order valence-electron chi connectivity index (χ2n) is 5.53. The van der Waals surface area contributed by atoms with Gasteiger partial charge in [-0.15, -0.1) is 11.3 Å². The molecule has 2 nitrogen and oxygen atoms in total. The van der Waals surface area contributed by atoms with Crippen molar-refractivity contribution in [2.24, 2.45) is 5.92 Å². The number of anilines is 1. The van der Waals surface area contributed by atoms with Crippen LogP contribution in [0.5, 0.6) is 0 Å². The summed E-state index contributed by atoms with van der Waals surface area (Å²) in [6.45, 7) is 2.36. The minimum Gasteiger partial charge on any atom is -0.389 e. The van der Waals surface area contributed by atoms with Crippen LogP contribution in [0.15, 0.2) is 0 Å². The van der Waals surface area contributed by atoms with Gasteiger partial charge in [-0.3, -0.25) is 0 Å². The predicted octanol–water partition coefficient (Wildman–Crippen LogP) is 3.90. The normalized spacial score (nSPS) is 30.6. The number of hydrogen-bond acceptors (Lipinski definition) is 3. The average Bonchev–Trinajstić information content (AvgIpc) is 3.04. The zero-order valence-electron chi connectivity index (χ0n) is 9.91. The van der Waals surface area contributed by atoms with E-state index in [9.17, 15) is 0 Å². The molecule has 88 valence electrons. The van der Waals surface area contributed by atoms with E-state index in [0.29, 0.717) is 5.92 Å². The molecule has 1 heterocycles. The Hall–Kier alpha value is -0.570. The Labute approximate surface area is 101 Å². The number of rotatable bonds is 2. The Morgan fingerprint density at radius 2 is 1.69 bits per heavy atom. The van der Waals surface area contributed by atoms with Crippen molar-refractivity contribution in [2.75, 3.05) is 5.73 Å². The third-order valence-corrected chi connectivity index (χ3v) is 5.09. The first-order valence-corrected chi connectivity index (χ1v) is 7.31. The maximum atomic E-state index is 6.13. The number of nitrogen functional groups attached to an aromatic ring is 1. The first-order valence-electron chi connectivity index (χ1n) is 6.50. The molecular weight excluding hydrogens is 216 g/mol. The SMILES string of the molecule is CC1CCC(c2nc(C3CC3)sc2N)CC1. The molecule has 0 saturated heterocycles. The van der Waals surface area contributed by atoms with Gasteiger partial charge in [0.25, 0.3) is 0 Å². The Balaban J connectivity index is 1.77. The Morgan fingerprint density at radius 3 is 2.31 bits per heavy atom. The van der Waals surface area contributed by atoms with E-state index in [1.807, 2.05) is 0 Å². The van der Waals surface area contributed by atoms with Crippen LogP contribution >= 0.6 is 11.3 Å². The molecule has 0 aromatic carbocycles. The first kappa shape index (κ1) is 10.6. The van der Waals surface area contributed by atoms with Crippen molar-refractivity contribution in [2.45, 2.75) is 57.3 Å². The summed E-state index contributed by atoms with van der Waals surface area (Å²) in [5.74, 6) is 2.31. The molecule has 0 aliphatic heterocycles. The summed E-state index contributed by atoms with van der Waals surface area (Å²) in [5.41, 5.74) is 7.36. The summed E-state index contributed by atoms with van der Waals surface area (Å²) < 4.78 is 0. The number of hydrogen-bond donors (Lipinski definition) is 1. The van der Waals surface area contributed by atoms with Crippen molar-refractivity contribution in [1.82, 2.24) is 4.98 Å². The lowest BCUT2D eigenvalue weighted by Crippen LogP contribution is -2.12. The fraction of sp³-hybridized carbons (Fsp3) is 0.769. The molecule has 16 heavy (non-hydrogen) atoms. The van der Waals surface area contributed by atoms with Gasteiger partial charge in [-0.25, -0.2) is 4.98 Å². The lowest BCUT2D eigenvalue weighted by Gasteiger charge is -2.25. The molecule has 0 radical (unpaired) electrons. The summed E-state index contributed by atoms with van der Waals surface area (Å²) in [4.78, 5) is 4.81. The van der Waals surface area contributed by atoms with Crippen molar-refractivity contribution in [3.63, 3.8) is 0 Å². The maximum Gasteiger partial charge on any atom is 0.110 e. The summed E-state index contributed by atoms with van der Waals surface area (Å²) in [5, 5.41) is 2.31. The van der Waals surface area contributed by atoms with Crippen molar-refractivity contribution in [3.05, 3.63) is 10.7 Å². The number of thiazole rings is 1. The third kappa shape index (κ3) is 1.97. The van der Waals surface area contributed by atoms with E-state index >= 15 is 0 Å². The van der Waals surface area contributed by atoms with Gasteiger partial charge in [0.05, 0.1) is 10.7 Å². The molecule has 2 saturated carbocycles. The lowest BCUT2D eigenvalue weighted by atomic mass is 9.81. The van der Waals surface area contributed by atoms with Gasteiger partial charge in [-0.1, -0.05) is 19.8 Å². The summed E-state index contributed by atoms with van der Waals surface area (Å²) in [7, 11) is 0. The van der Waals surface area contributed by atoms with Gasteiger partial charge in [0, 0.05) is 11.8 Å². The predicted molar refractivity (Wildman–Crippen MR) is 68.9 cm³/mol. The van der Waals surface area contributed by atoms with Crippen LogP contribution in [0.1, 0.15) is 68.0 Å². The highest BCUT2D eigenvalue weighted by atomic mass is 32.1. The highest BCUT2D eigenvalue weighted by Gasteiger charge is 2.30. The molecule has 2 N–H and O–H groups in total. The minimum atomic E-state index is 0.653. The molecule has 2 aliphatic carbocycles. The van der Waals surface area contributed by atoms with E-state index in [2.05, 4.69) is 6.92 Å². The lowest BCUT2D eigenvalue weighted by molar-refractivity contribution is 0.345. The number of nitrogens with zero attached hydrogens (tertiary/aromatic N) is 1. The van der Waals surface area contributed by atoms with Gasteiger partial charge in [0.2, 0.25) is 0 Å². The minimum absolute atomic E-state index is 0.653. The van der Waals surface area contributed by atoms with Crippen LogP contribution < -0.4 is 5.73 Å². The van der Waals surface area contributed by atoms with Gasteiger partial charge in [-0.2, -0.15) is 0 Å². The van der Waals surface area contributed by atoms with Crippen LogP contribution in [0.2, 0.25) is 0 Å². The third-order valence-electron chi connectivity index (χ3n) is 4.03. The van der Waals surface area contributed by atoms with Crippen molar-refractivity contribution in [3.8, 4) is 0 Å². The fourth-order valence-electron chi connectivity index (χ4n) is 2.69. The van der Waals surface area contributed by atoms with E-state index in [1.54, 1.807) is 11.3 Å².